The zero-order valence-corrected chi connectivity index (χ0v) is 14.5. The number of nitrogens with zero attached hydrogens (tertiary/aromatic N) is 2. The Labute approximate surface area is 141 Å². The average molecular weight is 326 g/mol. The molecule has 1 aromatic heterocycles. The number of aromatic hydroxyl groups is 1. The normalized spacial score (nSPS) is 11.0. The molecular weight excluding hydrogens is 304 g/mol. The molecule has 0 bridgehead atoms. The number of hydrogen-bond acceptors (Lipinski definition) is 4. The average Bonchev–Trinajstić information content (AvgIpc) is 2.80. The first-order valence-corrected chi connectivity index (χ1v) is 7.62. The number of ketones is 1. The summed E-state index contributed by atoms with van der Waals surface area (Å²) in [5, 5.41) is 14.4. The van der Waals surface area contributed by atoms with Crippen LogP contribution in [0.1, 0.15) is 32.9 Å². The minimum Gasteiger partial charge on any atom is -0.504 e. The molecule has 24 heavy (non-hydrogen) atoms. The van der Waals surface area contributed by atoms with E-state index in [4.69, 9.17) is 4.74 Å². The van der Waals surface area contributed by atoms with Crippen molar-refractivity contribution in [1.29, 1.82) is 0 Å². The summed E-state index contributed by atoms with van der Waals surface area (Å²) in [6.07, 6.45) is 5.44. The lowest BCUT2D eigenvalue weighted by molar-refractivity contribution is 0.104. The van der Waals surface area contributed by atoms with Crippen molar-refractivity contribution >= 4 is 11.9 Å². The molecule has 0 amide bonds. The zero-order chi connectivity index (χ0) is 17.9. The van der Waals surface area contributed by atoms with Gasteiger partial charge in [-0.2, -0.15) is 5.10 Å². The van der Waals surface area contributed by atoms with Crippen molar-refractivity contribution in [1.82, 2.24) is 9.78 Å². The SMILES string of the molecule is C=CCc1cc(C=CC(=O)c2c(C)nn(C)c2C)cc(OC)c1O. The summed E-state index contributed by atoms with van der Waals surface area (Å²) in [4.78, 5) is 12.5. The number of phenolic OH excluding ortho intramolecular Hbond substituents is 1. The number of aromatic nitrogens is 2. The molecule has 0 radical (unpaired) electrons. The largest absolute Gasteiger partial charge is 0.504 e. The maximum absolute atomic E-state index is 12.5. The molecule has 2 aromatic rings. The van der Waals surface area contributed by atoms with Crippen LogP contribution in [0.15, 0.2) is 30.9 Å². The molecule has 0 fully saturated rings. The molecule has 0 atom stereocenters. The third kappa shape index (κ3) is 3.40. The predicted molar refractivity (Wildman–Crippen MR) is 94.6 cm³/mol. The van der Waals surface area contributed by atoms with E-state index >= 15 is 0 Å². The first-order valence-electron chi connectivity index (χ1n) is 7.62. The van der Waals surface area contributed by atoms with Gasteiger partial charge >= 0.3 is 0 Å². The quantitative estimate of drug-likeness (QED) is 0.502. The Morgan fingerprint density at radius 2 is 2.12 bits per heavy atom. The molecule has 0 unspecified atom stereocenters. The molecule has 0 aliphatic rings. The molecule has 1 aromatic carbocycles. The first kappa shape index (κ1) is 17.5. The van der Waals surface area contributed by atoms with Gasteiger partial charge in [-0.3, -0.25) is 9.48 Å². The molecule has 0 aliphatic heterocycles. The van der Waals surface area contributed by atoms with Crippen LogP contribution in [0.3, 0.4) is 0 Å². The van der Waals surface area contributed by atoms with Gasteiger partial charge in [0.1, 0.15) is 0 Å². The van der Waals surface area contributed by atoms with Crippen LogP contribution in [0.2, 0.25) is 0 Å². The number of aryl methyl sites for hydroxylation is 2. The van der Waals surface area contributed by atoms with Gasteiger partial charge < -0.3 is 9.84 Å². The van der Waals surface area contributed by atoms with Crippen molar-refractivity contribution in [2.75, 3.05) is 7.11 Å². The smallest absolute Gasteiger partial charge is 0.189 e. The van der Waals surface area contributed by atoms with Gasteiger partial charge in [0.2, 0.25) is 0 Å². The van der Waals surface area contributed by atoms with Crippen molar-refractivity contribution in [2.45, 2.75) is 20.3 Å². The van der Waals surface area contributed by atoms with Gasteiger partial charge in [-0.1, -0.05) is 12.2 Å². The van der Waals surface area contributed by atoms with Gasteiger partial charge in [0.05, 0.1) is 18.4 Å². The predicted octanol–water partition coefficient (Wildman–Crippen LogP) is 3.38. The molecular formula is C19H22N2O3. The van der Waals surface area contributed by atoms with Crippen molar-refractivity contribution < 1.29 is 14.6 Å². The molecule has 2 rings (SSSR count). The number of hydrogen-bond donors (Lipinski definition) is 1. The lowest BCUT2D eigenvalue weighted by atomic mass is 10.0. The number of allylic oxidation sites excluding steroid dienone is 2. The van der Waals surface area contributed by atoms with Crippen molar-refractivity contribution in [3.8, 4) is 11.5 Å². The van der Waals surface area contributed by atoms with Gasteiger partial charge in [-0.15, -0.1) is 6.58 Å². The Hall–Kier alpha value is -2.82. The number of phenols is 1. The maximum Gasteiger partial charge on any atom is 0.189 e. The number of methoxy groups -OCH3 is 1. The topological polar surface area (TPSA) is 64.4 Å². The fourth-order valence-corrected chi connectivity index (χ4v) is 2.64. The van der Waals surface area contributed by atoms with E-state index in [1.165, 1.54) is 13.2 Å². The fraction of sp³-hybridized carbons (Fsp3) is 0.263. The van der Waals surface area contributed by atoms with Crippen LogP contribution in [0, 0.1) is 13.8 Å². The standard InChI is InChI=1S/C19H22N2O3/c1-6-7-15-10-14(11-17(24-5)19(15)23)8-9-16(22)18-12(2)20-21(4)13(18)3/h6,8-11,23H,1,7H2,2-5H3. The summed E-state index contributed by atoms with van der Waals surface area (Å²) in [6, 6.07) is 3.50. The molecule has 5 nitrogen and oxygen atoms in total. The van der Waals surface area contributed by atoms with Crippen LogP contribution < -0.4 is 4.74 Å². The van der Waals surface area contributed by atoms with Gasteiger partial charge in [0.15, 0.2) is 17.3 Å². The van der Waals surface area contributed by atoms with E-state index in [-0.39, 0.29) is 11.5 Å². The van der Waals surface area contributed by atoms with E-state index in [2.05, 4.69) is 11.7 Å². The highest BCUT2D eigenvalue weighted by atomic mass is 16.5. The zero-order valence-electron chi connectivity index (χ0n) is 14.5. The van der Waals surface area contributed by atoms with E-state index in [9.17, 15) is 9.90 Å². The fourth-order valence-electron chi connectivity index (χ4n) is 2.64. The van der Waals surface area contributed by atoms with Crippen LogP contribution in [0.4, 0.5) is 0 Å². The van der Waals surface area contributed by atoms with Gasteiger partial charge in [-0.25, -0.2) is 0 Å². The van der Waals surface area contributed by atoms with E-state index < -0.39 is 0 Å². The van der Waals surface area contributed by atoms with Crippen molar-refractivity contribution in [3.63, 3.8) is 0 Å². The second kappa shape index (κ2) is 7.17. The molecule has 0 spiro atoms. The van der Waals surface area contributed by atoms with E-state index in [1.807, 2.05) is 27.0 Å². The number of ether oxygens (including phenoxy) is 1. The number of rotatable bonds is 6. The molecule has 0 saturated heterocycles. The number of carbonyl (C=O) groups is 1. The molecule has 126 valence electrons. The first-order chi connectivity index (χ1) is 11.4. The third-order valence-electron chi connectivity index (χ3n) is 3.94. The second-order valence-corrected chi connectivity index (χ2v) is 5.59. The summed E-state index contributed by atoms with van der Waals surface area (Å²) < 4.78 is 6.89. The summed E-state index contributed by atoms with van der Waals surface area (Å²) >= 11 is 0. The molecule has 5 heteroatoms. The van der Waals surface area contributed by atoms with Crippen LogP contribution in [-0.4, -0.2) is 27.8 Å². The van der Waals surface area contributed by atoms with Crippen LogP contribution in [0.25, 0.3) is 6.08 Å². The minimum absolute atomic E-state index is 0.0971. The minimum atomic E-state index is -0.101. The highest BCUT2D eigenvalue weighted by Gasteiger charge is 2.15. The van der Waals surface area contributed by atoms with E-state index in [1.54, 1.807) is 22.9 Å². The lowest BCUT2D eigenvalue weighted by Crippen LogP contribution is -1.99. The Morgan fingerprint density at radius 1 is 1.42 bits per heavy atom. The Kier molecular flexibility index (Phi) is 5.24. The van der Waals surface area contributed by atoms with Crippen LogP contribution in [0.5, 0.6) is 11.5 Å². The highest BCUT2D eigenvalue weighted by Crippen LogP contribution is 2.32. The van der Waals surface area contributed by atoms with E-state index in [0.717, 1.165) is 11.3 Å². The number of carbonyl (C=O) groups excluding carboxylic acids is 1. The van der Waals surface area contributed by atoms with Crippen LogP contribution in [-0.2, 0) is 13.5 Å². The Balaban J connectivity index is 2.36. The van der Waals surface area contributed by atoms with Crippen LogP contribution >= 0.6 is 0 Å². The van der Waals surface area contributed by atoms with E-state index in [0.29, 0.717) is 29.0 Å². The highest BCUT2D eigenvalue weighted by molar-refractivity contribution is 6.08. The van der Waals surface area contributed by atoms with Crippen molar-refractivity contribution in [2.24, 2.45) is 7.05 Å². The Bertz CT molecular complexity index is 817. The van der Waals surface area contributed by atoms with Gasteiger partial charge in [0, 0.05) is 18.3 Å². The monoisotopic (exact) mass is 326 g/mol. The summed E-state index contributed by atoms with van der Waals surface area (Å²) in [6.45, 7) is 7.37. The molecule has 0 aliphatic carbocycles. The number of benzene rings is 1. The Morgan fingerprint density at radius 3 is 2.67 bits per heavy atom. The third-order valence-corrected chi connectivity index (χ3v) is 3.94. The lowest BCUT2D eigenvalue weighted by Gasteiger charge is -2.09. The summed E-state index contributed by atoms with van der Waals surface area (Å²) in [7, 11) is 3.31. The van der Waals surface area contributed by atoms with Gasteiger partial charge in [0.25, 0.3) is 0 Å². The molecule has 0 saturated carbocycles. The molecule has 1 N–H and O–H groups in total. The summed E-state index contributed by atoms with van der Waals surface area (Å²) in [5.74, 6) is 0.366. The second-order valence-electron chi connectivity index (χ2n) is 5.59. The van der Waals surface area contributed by atoms with Gasteiger partial charge in [-0.05, 0) is 44.0 Å². The summed E-state index contributed by atoms with van der Waals surface area (Å²) in [5.41, 5.74) is 3.63. The molecule has 1 heterocycles. The van der Waals surface area contributed by atoms with Crippen molar-refractivity contribution in [3.05, 3.63) is 58.9 Å². The maximum atomic E-state index is 12.5.